The van der Waals surface area contributed by atoms with Crippen LogP contribution in [0.15, 0.2) is 12.1 Å². The third-order valence-electron chi connectivity index (χ3n) is 3.31. The van der Waals surface area contributed by atoms with Gasteiger partial charge in [-0.3, -0.25) is 4.79 Å². The molecule has 0 amide bonds. The average molecular weight is 267 g/mol. The second-order valence-electron chi connectivity index (χ2n) is 4.62. The number of ether oxygens (including phenoxy) is 1. The number of nitrogens with one attached hydrogen (secondary N) is 1. The molecule has 1 aromatic carbocycles. The molecule has 1 aromatic rings. The summed E-state index contributed by atoms with van der Waals surface area (Å²) in [5.74, 6) is -0.387. The van der Waals surface area contributed by atoms with Crippen molar-refractivity contribution in [3.8, 4) is 5.75 Å². The number of methoxy groups -OCH3 is 1. The number of aryl methyl sites for hydroxylation is 2. The first-order valence-corrected chi connectivity index (χ1v) is 6.13. The van der Waals surface area contributed by atoms with Crippen LogP contribution in [0.4, 0.5) is 0 Å². The second kappa shape index (κ2) is 6.54. The predicted molar refractivity (Wildman–Crippen MR) is 72.5 cm³/mol. The van der Waals surface area contributed by atoms with Crippen molar-refractivity contribution in [3.63, 3.8) is 0 Å². The van der Waals surface area contributed by atoms with Gasteiger partial charge in [0.15, 0.2) is 0 Å². The molecule has 1 rings (SSSR count). The lowest BCUT2D eigenvalue weighted by Gasteiger charge is -2.23. The minimum Gasteiger partial charge on any atom is -0.496 e. The van der Waals surface area contributed by atoms with Gasteiger partial charge in [0.05, 0.1) is 19.6 Å². The lowest BCUT2D eigenvalue weighted by molar-refractivity contribution is -0.138. The number of carboxylic acid groups (broad SMARTS) is 1. The molecule has 0 saturated heterocycles. The number of aliphatic hydroxyl groups excluding tert-OH is 1. The molecule has 0 spiro atoms. The van der Waals surface area contributed by atoms with E-state index in [2.05, 4.69) is 5.32 Å². The van der Waals surface area contributed by atoms with Crippen molar-refractivity contribution in [2.45, 2.75) is 32.4 Å². The molecule has 2 unspecified atom stereocenters. The molecule has 0 aliphatic rings. The van der Waals surface area contributed by atoms with E-state index >= 15 is 0 Å². The minimum atomic E-state index is -0.957. The van der Waals surface area contributed by atoms with E-state index in [-0.39, 0.29) is 6.42 Å². The largest absolute Gasteiger partial charge is 0.496 e. The van der Waals surface area contributed by atoms with Gasteiger partial charge >= 0.3 is 5.97 Å². The molecule has 0 aliphatic heterocycles. The Morgan fingerprint density at radius 3 is 2.42 bits per heavy atom. The quantitative estimate of drug-likeness (QED) is 0.726. The molecule has 0 aromatic heterocycles. The molecule has 0 saturated carbocycles. The summed E-state index contributed by atoms with van der Waals surface area (Å²) in [6, 6.07) is 3.13. The molecule has 0 radical (unpaired) electrons. The summed E-state index contributed by atoms with van der Waals surface area (Å²) in [7, 11) is 3.16. The van der Waals surface area contributed by atoms with E-state index in [4.69, 9.17) is 9.84 Å². The topological polar surface area (TPSA) is 78.8 Å². The van der Waals surface area contributed by atoms with Gasteiger partial charge in [-0.1, -0.05) is 0 Å². The van der Waals surface area contributed by atoms with Gasteiger partial charge in [-0.25, -0.2) is 0 Å². The van der Waals surface area contributed by atoms with E-state index in [1.54, 1.807) is 7.05 Å². The number of likely N-dealkylation sites (N-methyl/N-ethyl adjacent to an activating group) is 1. The summed E-state index contributed by atoms with van der Waals surface area (Å²) in [6.07, 6.45) is -1.09. The van der Waals surface area contributed by atoms with Crippen LogP contribution in [0.3, 0.4) is 0 Å². The average Bonchev–Trinajstić information content (AvgIpc) is 2.37. The molecule has 3 N–H and O–H groups in total. The smallest absolute Gasteiger partial charge is 0.305 e. The molecule has 0 heterocycles. The highest BCUT2D eigenvalue weighted by molar-refractivity contribution is 5.67. The highest BCUT2D eigenvalue weighted by atomic mass is 16.5. The van der Waals surface area contributed by atoms with Crippen LogP contribution in [0.2, 0.25) is 0 Å². The minimum absolute atomic E-state index is 0.159. The zero-order chi connectivity index (χ0) is 14.6. The summed E-state index contributed by atoms with van der Waals surface area (Å²) < 4.78 is 5.27. The number of rotatable bonds is 6. The fourth-order valence-electron chi connectivity index (χ4n) is 2.00. The van der Waals surface area contributed by atoms with E-state index in [9.17, 15) is 9.90 Å². The molecule has 5 nitrogen and oxygen atoms in total. The van der Waals surface area contributed by atoms with Crippen molar-refractivity contribution >= 4 is 5.97 Å². The molecule has 0 bridgehead atoms. The van der Waals surface area contributed by atoms with Crippen LogP contribution >= 0.6 is 0 Å². The number of aliphatic hydroxyl groups is 1. The number of carbonyl (C=O) groups is 1. The number of benzene rings is 1. The summed E-state index contributed by atoms with van der Waals surface area (Å²) in [6.45, 7) is 3.90. The van der Waals surface area contributed by atoms with E-state index in [0.717, 1.165) is 11.1 Å². The Balaban J connectivity index is 3.12. The van der Waals surface area contributed by atoms with Gasteiger partial charge in [-0.05, 0) is 44.2 Å². The van der Waals surface area contributed by atoms with E-state index in [1.807, 2.05) is 26.0 Å². The Morgan fingerprint density at radius 2 is 1.95 bits per heavy atom. The van der Waals surface area contributed by atoms with Gasteiger partial charge in [-0.15, -0.1) is 0 Å². The number of hydrogen-bond acceptors (Lipinski definition) is 4. The Morgan fingerprint density at radius 1 is 1.37 bits per heavy atom. The Hall–Kier alpha value is -1.59. The maximum absolute atomic E-state index is 10.8. The molecule has 0 aliphatic carbocycles. The van der Waals surface area contributed by atoms with Crippen LogP contribution < -0.4 is 10.1 Å². The second-order valence-corrected chi connectivity index (χ2v) is 4.62. The summed E-state index contributed by atoms with van der Waals surface area (Å²) >= 11 is 0. The van der Waals surface area contributed by atoms with Crippen LogP contribution in [0.25, 0.3) is 0 Å². The molecular weight excluding hydrogens is 246 g/mol. The van der Waals surface area contributed by atoms with Gasteiger partial charge in [0.25, 0.3) is 0 Å². The molecule has 0 fully saturated rings. The maximum Gasteiger partial charge on any atom is 0.305 e. The van der Waals surface area contributed by atoms with Crippen LogP contribution in [0.5, 0.6) is 5.75 Å². The highest BCUT2D eigenvalue weighted by Crippen LogP contribution is 2.31. The number of aliphatic carboxylic acids is 1. The Labute approximate surface area is 113 Å². The van der Waals surface area contributed by atoms with E-state index in [0.29, 0.717) is 11.3 Å². The van der Waals surface area contributed by atoms with Crippen molar-refractivity contribution in [1.29, 1.82) is 0 Å². The normalized spacial score (nSPS) is 13.9. The van der Waals surface area contributed by atoms with Crippen molar-refractivity contribution in [3.05, 3.63) is 28.8 Å². The maximum atomic E-state index is 10.8. The van der Waals surface area contributed by atoms with Crippen LogP contribution in [0, 0.1) is 13.8 Å². The third-order valence-corrected chi connectivity index (χ3v) is 3.31. The fourth-order valence-corrected chi connectivity index (χ4v) is 2.00. The Kier molecular flexibility index (Phi) is 5.32. The van der Waals surface area contributed by atoms with Crippen molar-refractivity contribution < 1.29 is 19.7 Å². The SMILES string of the molecule is CNC(CC(=O)O)C(O)c1cc(C)c(C)cc1OC. The third kappa shape index (κ3) is 3.68. The van der Waals surface area contributed by atoms with Gasteiger partial charge in [-0.2, -0.15) is 0 Å². The zero-order valence-corrected chi connectivity index (χ0v) is 11.7. The molecule has 106 valence electrons. The van der Waals surface area contributed by atoms with E-state index < -0.39 is 18.1 Å². The Bertz CT molecular complexity index is 459. The van der Waals surface area contributed by atoms with Crippen LogP contribution in [0.1, 0.15) is 29.2 Å². The lowest BCUT2D eigenvalue weighted by Crippen LogP contribution is -2.34. The fraction of sp³-hybridized carbons (Fsp3) is 0.500. The predicted octanol–water partition coefficient (Wildman–Crippen LogP) is 1.41. The summed E-state index contributed by atoms with van der Waals surface area (Å²) in [5, 5.41) is 22.0. The molecule has 2 atom stereocenters. The van der Waals surface area contributed by atoms with Crippen LogP contribution in [-0.4, -0.2) is 36.4 Å². The van der Waals surface area contributed by atoms with Crippen molar-refractivity contribution in [2.24, 2.45) is 0 Å². The summed E-state index contributed by atoms with van der Waals surface area (Å²) in [4.78, 5) is 10.8. The van der Waals surface area contributed by atoms with Gasteiger partial charge < -0.3 is 20.3 Å². The molecular formula is C14H21NO4. The standard InChI is InChI=1S/C14H21NO4/c1-8-5-10(12(19-4)6-9(8)2)14(18)11(15-3)7-13(16)17/h5-6,11,14-15,18H,7H2,1-4H3,(H,16,17). The first-order valence-electron chi connectivity index (χ1n) is 6.13. The zero-order valence-electron chi connectivity index (χ0n) is 11.7. The number of hydrogen-bond donors (Lipinski definition) is 3. The van der Waals surface area contributed by atoms with Crippen molar-refractivity contribution in [2.75, 3.05) is 14.2 Å². The number of carboxylic acids is 1. The molecule has 19 heavy (non-hydrogen) atoms. The molecule has 5 heteroatoms. The van der Waals surface area contributed by atoms with Gasteiger partial charge in [0, 0.05) is 11.6 Å². The summed E-state index contributed by atoms with van der Waals surface area (Å²) in [5.41, 5.74) is 2.69. The highest BCUT2D eigenvalue weighted by Gasteiger charge is 2.25. The van der Waals surface area contributed by atoms with Crippen LogP contribution in [-0.2, 0) is 4.79 Å². The van der Waals surface area contributed by atoms with Crippen molar-refractivity contribution in [1.82, 2.24) is 5.32 Å². The van der Waals surface area contributed by atoms with E-state index in [1.165, 1.54) is 7.11 Å². The first-order chi connectivity index (χ1) is 8.90. The van der Waals surface area contributed by atoms with Gasteiger partial charge in [0.1, 0.15) is 5.75 Å². The first kappa shape index (κ1) is 15.5. The van der Waals surface area contributed by atoms with Gasteiger partial charge in [0.2, 0.25) is 0 Å². The monoisotopic (exact) mass is 267 g/mol. The lowest BCUT2D eigenvalue weighted by atomic mass is 9.95.